The molecule has 33 heavy (non-hydrogen) atoms. The van der Waals surface area contributed by atoms with Gasteiger partial charge >= 0.3 is 6.18 Å². The van der Waals surface area contributed by atoms with Crippen molar-refractivity contribution < 1.29 is 22.8 Å². The zero-order valence-electron chi connectivity index (χ0n) is 17.5. The van der Waals surface area contributed by atoms with Crippen molar-refractivity contribution in [3.63, 3.8) is 0 Å². The number of aromatic nitrogens is 4. The minimum atomic E-state index is -4.66. The Morgan fingerprint density at radius 1 is 1.15 bits per heavy atom. The van der Waals surface area contributed by atoms with E-state index in [0.29, 0.717) is 17.1 Å². The van der Waals surface area contributed by atoms with Crippen LogP contribution in [-0.4, -0.2) is 31.4 Å². The van der Waals surface area contributed by atoms with Gasteiger partial charge in [-0.25, -0.2) is 0 Å². The number of aryl methyl sites for hydroxylation is 2. The van der Waals surface area contributed by atoms with Crippen LogP contribution in [0.15, 0.2) is 36.5 Å². The lowest BCUT2D eigenvalue weighted by atomic mass is 10.2. The second kappa shape index (κ2) is 8.89. The van der Waals surface area contributed by atoms with Crippen LogP contribution in [0, 0.1) is 0 Å². The van der Waals surface area contributed by atoms with Crippen LogP contribution in [0.1, 0.15) is 47.1 Å². The molecule has 0 atom stereocenters. The van der Waals surface area contributed by atoms with Crippen molar-refractivity contribution >= 4 is 34.8 Å². The molecule has 2 aromatic heterocycles. The highest BCUT2D eigenvalue weighted by molar-refractivity contribution is 6.32. The number of hydrogen-bond acceptors (Lipinski definition) is 4. The topological polar surface area (TPSA) is 93.8 Å². The van der Waals surface area contributed by atoms with E-state index in [0.717, 1.165) is 12.8 Å². The summed E-state index contributed by atoms with van der Waals surface area (Å²) in [5, 5.41) is 12.6. The van der Waals surface area contributed by atoms with Crippen molar-refractivity contribution in [2.75, 3.05) is 10.6 Å². The largest absolute Gasteiger partial charge is 0.436 e. The number of amides is 2. The molecule has 1 aliphatic carbocycles. The van der Waals surface area contributed by atoms with Crippen molar-refractivity contribution in [2.45, 2.75) is 37.9 Å². The van der Waals surface area contributed by atoms with Gasteiger partial charge in [-0.2, -0.15) is 23.4 Å². The first-order valence-corrected chi connectivity index (χ1v) is 10.5. The molecular weight excluding hydrogens is 461 g/mol. The predicted octanol–water partition coefficient (Wildman–Crippen LogP) is 4.45. The van der Waals surface area contributed by atoms with Crippen LogP contribution in [0.3, 0.4) is 0 Å². The second-order valence-electron chi connectivity index (χ2n) is 7.75. The third-order valence-corrected chi connectivity index (χ3v) is 5.44. The van der Waals surface area contributed by atoms with Crippen LogP contribution in [0.2, 0.25) is 5.02 Å². The summed E-state index contributed by atoms with van der Waals surface area (Å²) in [7, 11) is 1.70. The van der Waals surface area contributed by atoms with Gasteiger partial charge in [-0.05, 0) is 37.1 Å². The molecule has 1 aliphatic rings. The number of carbonyl (C=O) groups excluding carboxylic acids is 2. The minimum Gasteiger partial charge on any atom is -0.326 e. The SMILES string of the molecule is Cn1ccc(C(=O)Nc2cccc(NC(=O)CCn3nc(C(F)(F)F)c(Cl)c3C3CC3)c2)n1. The molecule has 0 bridgehead atoms. The van der Waals surface area contributed by atoms with Crippen molar-refractivity contribution in [3.05, 3.63) is 58.6 Å². The number of nitrogens with one attached hydrogen (secondary N) is 2. The zero-order chi connectivity index (χ0) is 23.8. The summed E-state index contributed by atoms with van der Waals surface area (Å²) < 4.78 is 42.2. The standard InChI is InChI=1S/C21H20ClF3N6O2/c1-30-9-7-15(28-30)20(33)27-14-4-2-3-13(11-14)26-16(32)8-10-31-18(12-5-6-12)17(22)19(29-31)21(23,24)25/h2-4,7,9,11-12H,5-6,8,10H2,1H3,(H,26,32)(H,27,33). The lowest BCUT2D eigenvalue weighted by Crippen LogP contribution is -2.17. The van der Waals surface area contributed by atoms with E-state index in [1.54, 1.807) is 43.6 Å². The maximum Gasteiger partial charge on any atom is 0.436 e. The maximum atomic E-state index is 13.2. The van der Waals surface area contributed by atoms with Crippen molar-refractivity contribution in [1.29, 1.82) is 0 Å². The molecule has 0 aliphatic heterocycles. The van der Waals surface area contributed by atoms with Gasteiger partial charge in [0, 0.05) is 37.0 Å². The van der Waals surface area contributed by atoms with E-state index in [-0.39, 0.29) is 29.6 Å². The van der Waals surface area contributed by atoms with Gasteiger partial charge < -0.3 is 10.6 Å². The highest BCUT2D eigenvalue weighted by atomic mass is 35.5. The number of carbonyl (C=O) groups is 2. The zero-order valence-corrected chi connectivity index (χ0v) is 18.2. The quantitative estimate of drug-likeness (QED) is 0.522. The van der Waals surface area contributed by atoms with E-state index >= 15 is 0 Å². The fourth-order valence-electron chi connectivity index (χ4n) is 3.39. The third-order valence-electron chi connectivity index (χ3n) is 5.07. The first kappa shape index (κ1) is 22.8. The average Bonchev–Trinajstić information content (AvgIpc) is 3.37. The van der Waals surface area contributed by atoms with E-state index in [4.69, 9.17) is 11.6 Å². The van der Waals surface area contributed by atoms with Crippen LogP contribution < -0.4 is 10.6 Å². The van der Waals surface area contributed by atoms with Gasteiger partial charge in [-0.3, -0.25) is 19.0 Å². The monoisotopic (exact) mass is 480 g/mol. The normalized spacial score (nSPS) is 13.7. The van der Waals surface area contributed by atoms with E-state index in [2.05, 4.69) is 20.8 Å². The number of anilines is 2. The molecule has 174 valence electrons. The number of halogens is 4. The molecule has 2 amide bonds. The van der Waals surface area contributed by atoms with Gasteiger partial charge in [-0.1, -0.05) is 17.7 Å². The fourth-order valence-corrected chi connectivity index (χ4v) is 3.79. The Hall–Kier alpha value is -3.34. The van der Waals surface area contributed by atoms with Crippen molar-refractivity contribution in [2.24, 2.45) is 7.05 Å². The Labute approximate surface area is 191 Å². The van der Waals surface area contributed by atoms with Crippen LogP contribution in [0.4, 0.5) is 24.5 Å². The van der Waals surface area contributed by atoms with Gasteiger partial charge in [0.25, 0.3) is 5.91 Å². The molecule has 0 unspecified atom stereocenters. The van der Waals surface area contributed by atoms with E-state index in [9.17, 15) is 22.8 Å². The molecule has 8 nitrogen and oxygen atoms in total. The molecule has 1 fully saturated rings. The summed E-state index contributed by atoms with van der Waals surface area (Å²) in [5.74, 6) is -0.878. The molecule has 0 spiro atoms. The molecule has 4 rings (SSSR count). The lowest BCUT2D eigenvalue weighted by molar-refractivity contribution is -0.141. The van der Waals surface area contributed by atoms with Crippen molar-refractivity contribution in [3.8, 4) is 0 Å². The number of rotatable bonds is 7. The smallest absolute Gasteiger partial charge is 0.326 e. The predicted molar refractivity (Wildman–Crippen MR) is 115 cm³/mol. The number of alkyl halides is 3. The molecule has 1 aromatic carbocycles. The van der Waals surface area contributed by atoms with Crippen LogP contribution in [-0.2, 0) is 24.6 Å². The summed E-state index contributed by atoms with van der Waals surface area (Å²) in [6.07, 6.45) is -1.63. The van der Waals surface area contributed by atoms with Gasteiger partial charge in [-0.15, -0.1) is 0 Å². The van der Waals surface area contributed by atoms with Crippen molar-refractivity contribution in [1.82, 2.24) is 19.6 Å². The minimum absolute atomic E-state index is 0.0381. The Bertz CT molecular complexity index is 1200. The van der Waals surface area contributed by atoms with Crippen LogP contribution in [0.5, 0.6) is 0 Å². The molecule has 1 saturated carbocycles. The summed E-state index contributed by atoms with van der Waals surface area (Å²) >= 11 is 5.95. The lowest BCUT2D eigenvalue weighted by Gasteiger charge is -2.10. The maximum absolute atomic E-state index is 13.2. The van der Waals surface area contributed by atoms with E-state index < -0.39 is 23.7 Å². The molecule has 12 heteroatoms. The summed E-state index contributed by atoms with van der Waals surface area (Å²) in [6.45, 7) is -0.0381. The van der Waals surface area contributed by atoms with Crippen LogP contribution >= 0.6 is 11.6 Å². The molecule has 2 heterocycles. The Balaban J connectivity index is 1.39. The molecular formula is C21H20ClF3N6O2. The highest BCUT2D eigenvalue weighted by Gasteiger charge is 2.42. The molecule has 0 saturated heterocycles. The highest BCUT2D eigenvalue weighted by Crippen LogP contribution is 2.46. The second-order valence-corrected chi connectivity index (χ2v) is 8.13. The summed E-state index contributed by atoms with van der Waals surface area (Å²) in [6, 6.07) is 8.08. The van der Waals surface area contributed by atoms with E-state index in [1.165, 1.54) is 9.36 Å². The van der Waals surface area contributed by atoms with Gasteiger partial charge in [0.05, 0.1) is 17.3 Å². The summed E-state index contributed by atoms with van der Waals surface area (Å²) in [4.78, 5) is 24.7. The Morgan fingerprint density at radius 3 is 2.45 bits per heavy atom. The van der Waals surface area contributed by atoms with E-state index in [1.807, 2.05) is 0 Å². The molecule has 2 N–H and O–H groups in total. The van der Waals surface area contributed by atoms with Gasteiger partial charge in [0.15, 0.2) is 11.4 Å². The first-order chi connectivity index (χ1) is 15.6. The third kappa shape index (κ3) is 5.36. The fraction of sp³-hybridized carbons (Fsp3) is 0.333. The average molecular weight is 481 g/mol. The Morgan fingerprint density at radius 2 is 1.85 bits per heavy atom. The Kier molecular flexibility index (Phi) is 6.15. The van der Waals surface area contributed by atoms with Crippen LogP contribution in [0.25, 0.3) is 0 Å². The first-order valence-electron chi connectivity index (χ1n) is 10.2. The molecule has 0 radical (unpaired) electrons. The molecule has 3 aromatic rings. The van der Waals surface area contributed by atoms with Gasteiger partial charge in [0.2, 0.25) is 5.91 Å². The number of nitrogens with zero attached hydrogens (tertiary/aromatic N) is 4. The number of hydrogen-bond donors (Lipinski definition) is 2. The number of benzene rings is 1. The summed E-state index contributed by atoms with van der Waals surface area (Å²) in [5.41, 5.74) is 0.331. The van der Waals surface area contributed by atoms with Gasteiger partial charge in [0.1, 0.15) is 0 Å².